The van der Waals surface area contributed by atoms with E-state index in [1.54, 1.807) is 0 Å². The first-order valence-corrected chi connectivity index (χ1v) is 7.35. The van der Waals surface area contributed by atoms with Gasteiger partial charge in [-0.1, -0.05) is 6.42 Å². The Labute approximate surface area is 112 Å². The van der Waals surface area contributed by atoms with E-state index < -0.39 is 0 Å². The van der Waals surface area contributed by atoms with E-state index in [4.69, 9.17) is 0 Å². The fourth-order valence-electron chi connectivity index (χ4n) is 2.62. The van der Waals surface area contributed by atoms with Gasteiger partial charge in [0.25, 0.3) is 0 Å². The highest BCUT2D eigenvalue weighted by atomic mass is 79.9. The maximum Gasteiger partial charge on any atom is 0.0738 e. The van der Waals surface area contributed by atoms with Gasteiger partial charge in [0.1, 0.15) is 0 Å². The highest BCUT2D eigenvalue weighted by Gasteiger charge is 2.28. The lowest BCUT2D eigenvalue weighted by Crippen LogP contribution is -2.39. The largest absolute Gasteiger partial charge is 0.316 e. The molecule has 0 spiro atoms. The molecule has 1 unspecified atom stereocenters. The first-order chi connectivity index (χ1) is 8.17. The number of hydrogen-bond donors (Lipinski definition) is 1. The first kappa shape index (κ1) is 13.1. The van der Waals surface area contributed by atoms with Crippen molar-refractivity contribution < 1.29 is 0 Å². The summed E-state index contributed by atoms with van der Waals surface area (Å²) in [5.74, 6) is 0.854. The number of nitrogens with one attached hydrogen (secondary N) is 1. The summed E-state index contributed by atoms with van der Waals surface area (Å²) in [5.41, 5.74) is 2.45. The smallest absolute Gasteiger partial charge is 0.0738 e. The minimum atomic E-state index is 0.599. The summed E-state index contributed by atoms with van der Waals surface area (Å²) in [5, 5.41) is 8.04. The second kappa shape index (κ2) is 5.53. The molecule has 0 bridgehead atoms. The van der Waals surface area contributed by atoms with Crippen LogP contribution < -0.4 is 5.32 Å². The van der Waals surface area contributed by atoms with Crippen LogP contribution in [0.15, 0.2) is 4.47 Å². The fraction of sp³-hybridized carbons (Fsp3) is 0.769. The van der Waals surface area contributed by atoms with E-state index in [-0.39, 0.29) is 0 Å². The molecule has 0 amide bonds. The Kier molecular flexibility index (Phi) is 4.26. The minimum absolute atomic E-state index is 0.599. The van der Waals surface area contributed by atoms with Gasteiger partial charge in [0.2, 0.25) is 0 Å². The first-order valence-electron chi connectivity index (χ1n) is 6.56. The quantitative estimate of drug-likeness (QED) is 0.906. The average Bonchev–Trinajstić information content (AvgIpc) is 2.53. The lowest BCUT2D eigenvalue weighted by Gasteiger charge is -2.33. The zero-order valence-corrected chi connectivity index (χ0v) is 12.5. The zero-order chi connectivity index (χ0) is 12.4. The topological polar surface area (TPSA) is 29.9 Å². The summed E-state index contributed by atoms with van der Waals surface area (Å²) < 4.78 is 3.32. The van der Waals surface area contributed by atoms with Crippen LogP contribution in [0.1, 0.15) is 37.6 Å². The van der Waals surface area contributed by atoms with Crippen LogP contribution >= 0.6 is 15.9 Å². The van der Waals surface area contributed by atoms with Crippen LogP contribution in [-0.2, 0) is 13.0 Å². The van der Waals surface area contributed by atoms with Crippen molar-refractivity contribution in [1.29, 1.82) is 0 Å². The third-order valence-corrected chi connectivity index (χ3v) is 4.99. The molecule has 1 aromatic rings. The average molecular weight is 300 g/mol. The Balaban J connectivity index is 2.15. The predicted molar refractivity (Wildman–Crippen MR) is 74.2 cm³/mol. The number of aryl methyl sites for hydroxylation is 2. The highest BCUT2D eigenvalue weighted by molar-refractivity contribution is 9.10. The van der Waals surface area contributed by atoms with Crippen molar-refractivity contribution in [2.45, 2.75) is 52.1 Å². The van der Waals surface area contributed by atoms with Gasteiger partial charge in [-0.05, 0) is 55.6 Å². The minimum Gasteiger partial charge on any atom is -0.316 e. The van der Waals surface area contributed by atoms with Crippen molar-refractivity contribution in [1.82, 2.24) is 15.1 Å². The molecule has 1 atom stereocenters. The summed E-state index contributed by atoms with van der Waals surface area (Å²) in [6, 6.07) is 0.599. The van der Waals surface area contributed by atoms with E-state index in [0.717, 1.165) is 24.6 Å². The Morgan fingerprint density at radius 2 is 2.24 bits per heavy atom. The second-order valence-electron chi connectivity index (χ2n) is 4.95. The van der Waals surface area contributed by atoms with E-state index in [2.05, 4.69) is 51.9 Å². The summed E-state index contributed by atoms with van der Waals surface area (Å²) in [4.78, 5) is 0. The van der Waals surface area contributed by atoms with Crippen LogP contribution in [0.25, 0.3) is 0 Å². The molecular weight excluding hydrogens is 278 g/mol. The van der Waals surface area contributed by atoms with E-state index in [9.17, 15) is 0 Å². The molecule has 17 heavy (non-hydrogen) atoms. The van der Waals surface area contributed by atoms with Gasteiger partial charge in [-0.3, -0.25) is 4.68 Å². The number of likely N-dealkylation sites (N-methyl/N-ethyl adjacent to an activating group) is 1. The monoisotopic (exact) mass is 299 g/mol. The summed E-state index contributed by atoms with van der Waals surface area (Å²) in [6.07, 6.45) is 5.23. The Morgan fingerprint density at radius 1 is 1.53 bits per heavy atom. The van der Waals surface area contributed by atoms with Crippen LogP contribution in [-0.4, -0.2) is 22.9 Å². The summed E-state index contributed by atoms with van der Waals surface area (Å²) >= 11 is 3.68. The number of hydrogen-bond acceptors (Lipinski definition) is 2. The number of aromatic nitrogens is 2. The lowest BCUT2D eigenvalue weighted by molar-refractivity contribution is 0.233. The van der Waals surface area contributed by atoms with Gasteiger partial charge < -0.3 is 5.32 Å². The second-order valence-corrected chi connectivity index (χ2v) is 5.75. The fourth-order valence-corrected chi connectivity index (χ4v) is 3.06. The molecule has 2 rings (SSSR count). The maximum atomic E-state index is 4.56. The van der Waals surface area contributed by atoms with Gasteiger partial charge in [0, 0.05) is 19.0 Å². The van der Waals surface area contributed by atoms with Crippen LogP contribution in [0, 0.1) is 12.8 Å². The molecule has 0 aliphatic heterocycles. The SMILES string of the molecule is CCn1nc(C)c(Br)c1CC(NC)C1CCC1. The molecule has 1 aromatic heterocycles. The zero-order valence-electron chi connectivity index (χ0n) is 11.0. The van der Waals surface area contributed by atoms with E-state index >= 15 is 0 Å². The molecule has 1 aliphatic carbocycles. The normalized spacial score (nSPS) is 18.1. The van der Waals surface area contributed by atoms with Crippen molar-refractivity contribution in [3.63, 3.8) is 0 Å². The van der Waals surface area contributed by atoms with Crippen LogP contribution in [0.3, 0.4) is 0 Å². The van der Waals surface area contributed by atoms with Gasteiger partial charge >= 0.3 is 0 Å². The van der Waals surface area contributed by atoms with Crippen molar-refractivity contribution in [2.75, 3.05) is 7.05 Å². The van der Waals surface area contributed by atoms with Crippen molar-refractivity contribution in [3.05, 3.63) is 15.9 Å². The predicted octanol–water partition coefficient (Wildman–Crippen LogP) is 2.90. The molecule has 96 valence electrons. The Bertz CT molecular complexity index is 382. The Morgan fingerprint density at radius 3 is 2.71 bits per heavy atom. The molecule has 1 saturated carbocycles. The van der Waals surface area contributed by atoms with Gasteiger partial charge in [-0.25, -0.2) is 0 Å². The van der Waals surface area contributed by atoms with Crippen LogP contribution in [0.2, 0.25) is 0 Å². The Hall–Kier alpha value is -0.350. The molecular formula is C13H22BrN3. The molecule has 0 radical (unpaired) electrons. The van der Waals surface area contributed by atoms with Crippen molar-refractivity contribution in [2.24, 2.45) is 5.92 Å². The summed E-state index contributed by atoms with van der Waals surface area (Å²) in [7, 11) is 2.08. The molecule has 1 aliphatic rings. The number of halogens is 1. The standard InChI is InChI=1S/C13H22BrN3/c1-4-17-12(13(14)9(2)16-17)8-11(15-3)10-6-5-7-10/h10-11,15H,4-8H2,1-3H3. The van der Waals surface area contributed by atoms with Crippen molar-refractivity contribution in [3.8, 4) is 0 Å². The van der Waals surface area contributed by atoms with Crippen molar-refractivity contribution >= 4 is 15.9 Å². The number of nitrogens with zero attached hydrogens (tertiary/aromatic N) is 2. The van der Waals surface area contributed by atoms with Gasteiger partial charge in [0.15, 0.2) is 0 Å². The molecule has 3 nitrogen and oxygen atoms in total. The number of rotatable bonds is 5. The highest BCUT2D eigenvalue weighted by Crippen LogP contribution is 2.32. The maximum absolute atomic E-state index is 4.56. The van der Waals surface area contributed by atoms with Crippen LogP contribution in [0.4, 0.5) is 0 Å². The third-order valence-electron chi connectivity index (χ3n) is 3.96. The summed E-state index contributed by atoms with van der Waals surface area (Å²) in [6.45, 7) is 5.17. The van der Waals surface area contributed by atoms with Gasteiger partial charge in [0.05, 0.1) is 15.9 Å². The third kappa shape index (κ3) is 2.58. The van der Waals surface area contributed by atoms with E-state index in [0.29, 0.717) is 6.04 Å². The molecule has 0 saturated heterocycles. The van der Waals surface area contributed by atoms with E-state index in [1.807, 2.05) is 0 Å². The molecule has 0 aromatic carbocycles. The lowest BCUT2D eigenvalue weighted by atomic mass is 9.78. The molecule has 4 heteroatoms. The van der Waals surface area contributed by atoms with Gasteiger partial charge in [-0.15, -0.1) is 0 Å². The molecule has 1 N–H and O–H groups in total. The molecule has 1 heterocycles. The van der Waals surface area contributed by atoms with Crippen LogP contribution in [0.5, 0.6) is 0 Å². The molecule has 1 fully saturated rings. The van der Waals surface area contributed by atoms with E-state index in [1.165, 1.54) is 29.4 Å². The van der Waals surface area contributed by atoms with Gasteiger partial charge in [-0.2, -0.15) is 5.10 Å².